The van der Waals surface area contributed by atoms with Crippen LogP contribution in [0.1, 0.15) is 28.1 Å². The molecule has 0 atom stereocenters. The molecule has 1 N–H and O–H groups in total. The summed E-state index contributed by atoms with van der Waals surface area (Å²) in [7, 11) is 0. The van der Waals surface area contributed by atoms with E-state index in [4.69, 9.17) is 4.42 Å². The first-order valence-corrected chi connectivity index (χ1v) is 7.56. The van der Waals surface area contributed by atoms with Crippen molar-refractivity contribution in [3.8, 4) is 11.6 Å². The molecule has 0 bridgehead atoms. The Morgan fingerprint density at radius 1 is 1.41 bits per heavy atom. The molecular formula is C13H14N6O2S. The number of anilines is 1. The lowest BCUT2D eigenvalue weighted by Gasteiger charge is -2.02. The van der Waals surface area contributed by atoms with Crippen LogP contribution in [0.4, 0.5) is 6.01 Å². The van der Waals surface area contributed by atoms with Gasteiger partial charge in [-0.05, 0) is 26.8 Å². The average molecular weight is 318 g/mol. The number of aromatic nitrogens is 5. The first kappa shape index (κ1) is 14.4. The second-order valence-corrected chi connectivity index (χ2v) is 5.67. The third-order valence-electron chi connectivity index (χ3n) is 2.92. The smallest absolute Gasteiger partial charge is 0.322 e. The molecule has 114 valence electrons. The Hall–Kier alpha value is -2.55. The van der Waals surface area contributed by atoms with Gasteiger partial charge in [0.15, 0.2) is 0 Å². The van der Waals surface area contributed by atoms with Gasteiger partial charge in [-0.2, -0.15) is 5.10 Å². The number of nitrogens with zero attached hydrogens (tertiary/aromatic N) is 5. The zero-order chi connectivity index (χ0) is 15.7. The molecule has 8 nitrogen and oxygen atoms in total. The van der Waals surface area contributed by atoms with E-state index < -0.39 is 0 Å². The molecule has 0 fully saturated rings. The van der Waals surface area contributed by atoms with Crippen LogP contribution >= 0.6 is 11.3 Å². The molecule has 0 spiro atoms. The Kier molecular flexibility index (Phi) is 3.72. The van der Waals surface area contributed by atoms with E-state index in [-0.39, 0.29) is 17.8 Å². The number of nitrogens with one attached hydrogen (secondary N) is 1. The maximum atomic E-state index is 12.2. The summed E-state index contributed by atoms with van der Waals surface area (Å²) in [6.07, 6.45) is 0. The summed E-state index contributed by atoms with van der Waals surface area (Å²) >= 11 is 1.49. The molecular weight excluding hydrogens is 304 g/mol. The minimum atomic E-state index is -0.341. The lowest BCUT2D eigenvalue weighted by atomic mass is 10.3. The van der Waals surface area contributed by atoms with E-state index in [9.17, 15) is 4.79 Å². The van der Waals surface area contributed by atoms with Crippen LogP contribution in [0.5, 0.6) is 0 Å². The van der Waals surface area contributed by atoms with Gasteiger partial charge >= 0.3 is 6.01 Å². The van der Waals surface area contributed by atoms with Gasteiger partial charge in [-0.1, -0.05) is 5.10 Å². The van der Waals surface area contributed by atoms with Crippen LogP contribution in [-0.2, 0) is 6.54 Å². The van der Waals surface area contributed by atoms with Crippen LogP contribution in [-0.4, -0.2) is 30.9 Å². The quantitative estimate of drug-likeness (QED) is 0.792. The van der Waals surface area contributed by atoms with Crippen molar-refractivity contribution in [2.24, 2.45) is 0 Å². The lowest BCUT2D eigenvalue weighted by Crippen LogP contribution is -2.17. The van der Waals surface area contributed by atoms with E-state index in [1.165, 1.54) is 11.3 Å². The van der Waals surface area contributed by atoms with Crippen molar-refractivity contribution in [1.82, 2.24) is 25.0 Å². The van der Waals surface area contributed by atoms with Gasteiger partial charge in [0, 0.05) is 11.9 Å². The van der Waals surface area contributed by atoms with E-state index in [1.54, 1.807) is 10.7 Å². The van der Waals surface area contributed by atoms with Gasteiger partial charge in [-0.3, -0.25) is 14.8 Å². The van der Waals surface area contributed by atoms with Crippen LogP contribution in [0, 0.1) is 13.8 Å². The number of carbonyl (C=O) groups excluding carboxylic acids is 1. The molecule has 0 aliphatic rings. The van der Waals surface area contributed by atoms with Crippen molar-refractivity contribution in [3.05, 3.63) is 27.8 Å². The summed E-state index contributed by atoms with van der Waals surface area (Å²) in [6.45, 7) is 6.24. The minimum absolute atomic E-state index is 0.0344. The van der Waals surface area contributed by atoms with Gasteiger partial charge in [-0.15, -0.1) is 16.4 Å². The summed E-state index contributed by atoms with van der Waals surface area (Å²) in [4.78, 5) is 16.5. The molecule has 0 aliphatic heterocycles. The van der Waals surface area contributed by atoms with Crippen molar-refractivity contribution >= 4 is 23.3 Å². The molecule has 0 radical (unpaired) electrons. The minimum Gasteiger partial charge on any atom is -0.401 e. The highest BCUT2D eigenvalue weighted by atomic mass is 32.1. The topological polar surface area (TPSA) is 98.7 Å². The maximum absolute atomic E-state index is 12.2. The third kappa shape index (κ3) is 2.75. The zero-order valence-electron chi connectivity index (χ0n) is 12.3. The summed E-state index contributed by atoms with van der Waals surface area (Å²) in [6, 6.07) is 1.74. The molecule has 0 saturated heterocycles. The highest BCUT2D eigenvalue weighted by Crippen LogP contribution is 2.21. The SMILES string of the molecule is CCn1nc(C)cc1C(=O)Nc1nnc(-c2csc(C)n2)o1. The lowest BCUT2D eigenvalue weighted by molar-refractivity contribution is 0.101. The van der Waals surface area contributed by atoms with E-state index in [0.717, 1.165) is 10.7 Å². The molecule has 0 saturated carbocycles. The van der Waals surface area contributed by atoms with Crippen LogP contribution in [0.15, 0.2) is 15.9 Å². The first-order valence-electron chi connectivity index (χ1n) is 6.68. The number of thiazole rings is 1. The normalized spacial score (nSPS) is 10.9. The monoisotopic (exact) mass is 318 g/mol. The van der Waals surface area contributed by atoms with E-state index in [2.05, 4.69) is 25.6 Å². The fourth-order valence-electron chi connectivity index (χ4n) is 1.97. The summed E-state index contributed by atoms with van der Waals surface area (Å²) in [5.74, 6) is -0.0630. The second-order valence-electron chi connectivity index (χ2n) is 4.60. The van der Waals surface area contributed by atoms with Crippen molar-refractivity contribution in [3.63, 3.8) is 0 Å². The fraction of sp³-hybridized carbons (Fsp3) is 0.308. The summed E-state index contributed by atoms with van der Waals surface area (Å²) in [5.41, 5.74) is 1.82. The number of amides is 1. The van der Waals surface area contributed by atoms with E-state index in [0.29, 0.717) is 17.9 Å². The van der Waals surface area contributed by atoms with Crippen molar-refractivity contribution in [1.29, 1.82) is 0 Å². The molecule has 3 aromatic rings. The molecule has 0 aliphatic carbocycles. The Balaban J connectivity index is 1.78. The number of aryl methyl sites for hydroxylation is 3. The maximum Gasteiger partial charge on any atom is 0.322 e. The number of hydrogen-bond acceptors (Lipinski definition) is 7. The highest BCUT2D eigenvalue weighted by molar-refractivity contribution is 7.09. The average Bonchev–Trinajstić information content (AvgIpc) is 3.18. The molecule has 1 amide bonds. The van der Waals surface area contributed by atoms with Gasteiger partial charge in [0.1, 0.15) is 11.4 Å². The van der Waals surface area contributed by atoms with Crippen molar-refractivity contribution in [2.45, 2.75) is 27.3 Å². The number of carbonyl (C=O) groups is 1. The predicted octanol–water partition coefficient (Wildman–Crippen LogP) is 2.28. The first-order chi connectivity index (χ1) is 10.6. The van der Waals surface area contributed by atoms with Crippen LogP contribution in [0.25, 0.3) is 11.6 Å². The molecule has 9 heteroatoms. The van der Waals surface area contributed by atoms with Crippen molar-refractivity contribution in [2.75, 3.05) is 5.32 Å². The number of hydrogen-bond donors (Lipinski definition) is 1. The zero-order valence-corrected chi connectivity index (χ0v) is 13.1. The van der Waals surface area contributed by atoms with E-state index in [1.807, 2.05) is 26.2 Å². The van der Waals surface area contributed by atoms with Crippen LogP contribution < -0.4 is 5.32 Å². The third-order valence-corrected chi connectivity index (χ3v) is 3.69. The Labute approximate surface area is 130 Å². The molecule has 22 heavy (non-hydrogen) atoms. The molecule has 3 rings (SSSR count). The van der Waals surface area contributed by atoms with Crippen molar-refractivity contribution < 1.29 is 9.21 Å². The fourth-order valence-corrected chi connectivity index (χ4v) is 2.56. The summed E-state index contributed by atoms with van der Waals surface area (Å²) < 4.78 is 7.03. The second kappa shape index (κ2) is 5.68. The molecule has 3 heterocycles. The standard InChI is InChI=1S/C13H14N6O2S/c1-4-19-10(5-7(2)18-19)11(20)15-13-17-16-12(21-13)9-6-22-8(3)14-9/h5-6H,4H2,1-3H3,(H,15,17,20). The largest absolute Gasteiger partial charge is 0.401 e. The van der Waals surface area contributed by atoms with Gasteiger partial charge in [-0.25, -0.2) is 4.98 Å². The van der Waals surface area contributed by atoms with E-state index >= 15 is 0 Å². The van der Waals surface area contributed by atoms with Gasteiger partial charge in [0.05, 0.1) is 10.7 Å². The molecule has 0 aromatic carbocycles. The van der Waals surface area contributed by atoms with Crippen LogP contribution in [0.2, 0.25) is 0 Å². The molecule has 3 aromatic heterocycles. The Bertz CT molecular complexity index is 818. The molecule has 0 unspecified atom stereocenters. The van der Waals surface area contributed by atoms with Crippen LogP contribution in [0.3, 0.4) is 0 Å². The highest BCUT2D eigenvalue weighted by Gasteiger charge is 2.17. The number of rotatable bonds is 4. The Morgan fingerprint density at radius 2 is 2.23 bits per heavy atom. The van der Waals surface area contributed by atoms with Gasteiger partial charge in [0.25, 0.3) is 11.8 Å². The Morgan fingerprint density at radius 3 is 2.91 bits per heavy atom. The predicted molar refractivity (Wildman–Crippen MR) is 80.7 cm³/mol. The summed E-state index contributed by atoms with van der Waals surface area (Å²) in [5, 5.41) is 17.2. The van der Waals surface area contributed by atoms with Gasteiger partial charge < -0.3 is 4.42 Å². The van der Waals surface area contributed by atoms with Gasteiger partial charge in [0.2, 0.25) is 0 Å².